The van der Waals surface area contributed by atoms with Crippen LogP contribution in [0.2, 0.25) is 0 Å². The molecule has 3 aliphatic rings. The summed E-state index contributed by atoms with van der Waals surface area (Å²) in [4.78, 5) is 62.2. The van der Waals surface area contributed by atoms with Crippen LogP contribution < -0.4 is 21.5 Å². The second-order valence-electron chi connectivity index (χ2n) is 10.2. The lowest BCUT2D eigenvalue weighted by Gasteiger charge is -2.28. The lowest BCUT2D eigenvalue weighted by atomic mass is 10.1. The zero-order chi connectivity index (χ0) is 26.4. The van der Waals surface area contributed by atoms with E-state index in [9.17, 15) is 19.2 Å². The van der Waals surface area contributed by atoms with E-state index in [1.807, 2.05) is 16.0 Å². The number of piperidine rings is 1. The molecule has 1 amide bonds. The number of benzene rings is 1. The van der Waals surface area contributed by atoms with Gasteiger partial charge in [-0.2, -0.15) is 4.98 Å². The number of imidazole rings is 1. The normalized spacial score (nSPS) is 19.0. The summed E-state index contributed by atoms with van der Waals surface area (Å²) in [6.45, 7) is 2.46. The van der Waals surface area contributed by atoms with E-state index in [-0.39, 0.29) is 29.4 Å². The highest BCUT2D eigenvalue weighted by atomic mass is 16.2. The molecular weight excluding hydrogens is 486 g/mol. The maximum Gasteiger partial charge on any atom is 0.332 e. The molecule has 0 radical (unpaired) electrons. The van der Waals surface area contributed by atoms with E-state index in [0.29, 0.717) is 37.1 Å². The highest BCUT2D eigenvalue weighted by Crippen LogP contribution is 2.35. The number of nitrogens with zero attached hydrogens (tertiary/aromatic N) is 6. The molecule has 6 rings (SSSR count). The maximum absolute atomic E-state index is 13.9. The molecule has 2 fully saturated rings. The second-order valence-corrected chi connectivity index (χ2v) is 10.2. The van der Waals surface area contributed by atoms with Crippen LogP contribution in [0.5, 0.6) is 0 Å². The van der Waals surface area contributed by atoms with E-state index >= 15 is 0 Å². The number of Topliss-reactive ketones (excluding diaryl/α,β-unsaturated/α-hetero) is 1. The number of nitrogens with one attached hydrogen (secondary N) is 1. The Balaban J connectivity index is 1.49. The molecule has 0 aliphatic carbocycles. The minimum atomic E-state index is -0.619. The zero-order valence-corrected chi connectivity index (χ0v) is 21.4. The first-order valence-corrected chi connectivity index (χ1v) is 13.2. The van der Waals surface area contributed by atoms with E-state index in [2.05, 4.69) is 5.32 Å². The number of carbonyl (C=O) groups is 2. The molecule has 0 saturated carbocycles. The van der Waals surface area contributed by atoms with Crippen LogP contribution in [0.4, 0.5) is 5.95 Å². The van der Waals surface area contributed by atoms with Crippen molar-refractivity contribution < 1.29 is 9.59 Å². The van der Waals surface area contributed by atoms with Gasteiger partial charge in [0, 0.05) is 56.6 Å². The Bertz CT molecular complexity index is 1560. The molecule has 0 spiro atoms. The quantitative estimate of drug-likeness (QED) is 0.487. The summed E-state index contributed by atoms with van der Waals surface area (Å²) in [6, 6.07) is 8.58. The van der Waals surface area contributed by atoms with Gasteiger partial charge in [0.25, 0.3) is 5.56 Å². The third kappa shape index (κ3) is 4.02. The number of rotatable bonds is 6. The molecule has 198 valence electrons. The van der Waals surface area contributed by atoms with Gasteiger partial charge in [0.1, 0.15) is 6.54 Å². The second kappa shape index (κ2) is 9.62. The largest absolute Gasteiger partial charge is 0.389 e. The molecule has 11 nitrogen and oxygen atoms in total. The molecule has 38 heavy (non-hydrogen) atoms. The van der Waals surface area contributed by atoms with Gasteiger partial charge in [0.2, 0.25) is 11.9 Å². The number of aryl methyl sites for hydroxylation is 1. The van der Waals surface area contributed by atoms with Gasteiger partial charge in [-0.15, -0.1) is 0 Å². The average Bonchev–Trinajstić information content (AvgIpc) is 3.66. The fourth-order valence-corrected chi connectivity index (χ4v) is 5.80. The highest BCUT2D eigenvalue weighted by Gasteiger charge is 2.36. The Morgan fingerprint density at radius 2 is 1.76 bits per heavy atom. The first kappa shape index (κ1) is 24.2. The van der Waals surface area contributed by atoms with Crippen LogP contribution in [0.15, 0.2) is 51.8 Å². The zero-order valence-electron chi connectivity index (χ0n) is 21.4. The molecule has 0 bridgehead atoms. The molecule has 3 aliphatic heterocycles. The van der Waals surface area contributed by atoms with Crippen LogP contribution in [0.25, 0.3) is 11.2 Å². The van der Waals surface area contributed by atoms with Crippen molar-refractivity contribution in [3.05, 3.63) is 68.6 Å². The van der Waals surface area contributed by atoms with Crippen LogP contribution in [0.3, 0.4) is 0 Å². The molecule has 1 atom stereocenters. The summed E-state index contributed by atoms with van der Waals surface area (Å²) in [5.41, 5.74) is 0.609. The molecule has 1 unspecified atom stereocenters. The van der Waals surface area contributed by atoms with E-state index in [1.54, 1.807) is 41.9 Å². The Labute approximate surface area is 219 Å². The molecule has 2 saturated heterocycles. The lowest BCUT2D eigenvalue weighted by Crippen LogP contribution is -2.42. The van der Waals surface area contributed by atoms with Crippen LogP contribution in [0.1, 0.15) is 36.0 Å². The van der Waals surface area contributed by atoms with Gasteiger partial charge in [-0.3, -0.25) is 28.1 Å². The third-order valence-electron chi connectivity index (χ3n) is 7.90. The van der Waals surface area contributed by atoms with Crippen molar-refractivity contribution in [2.75, 3.05) is 31.1 Å². The van der Waals surface area contributed by atoms with E-state index < -0.39 is 17.8 Å². The van der Waals surface area contributed by atoms with Crippen molar-refractivity contribution in [3.8, 4) is 0 Å². The van der Waals surface area contributed by atoms with Crippen LogP contribution in [-0.2, 0) is 24.9 Å². The van der Waals surface area contributed by atoms with E-state index in [0.717, 1.165) is 42.5 Å². The number of fused-ring (bicyclic) bond motifs is 2. The molecule has 5 heterocycles. The minimum absolute atomic E-state index is 0.0617. The van der Waals surface area contributed by atoms with Crippen molar-refractivity contribution >= 4 is 28.8 Å². The minimum Gasteiger partial charge on any atom is -0.389 e. The summed E-state index contributed by atoms with van der Waals surface area (Å²) in [5.74, 6) is 0.385. The number of amides is 1. The average molecular weight is 518 g/mol. The van der Waals surface area contributed by atoms with Crippen molar-refractivity contribution in [3.63, 3.8) is 0 Å². The summed E-state index contributed by atoms with van der Waals surface area (Å²) >= 11 is 0. The first-order valence-electron chi connectivity index (χ1n) is 13.2. The maximum atomic E-state index is 13.9. The van der Waals surface area contributed by atoms with Gasteiger partial charge in [-0.1, -0.05) is 30.3 Å². The van der Waals surface area contributed by atoms with E-state index in [4.69, 9.17) is 4.98 Å². The Morgan fingerprint density at radius 3 is 2.53 bits per heavy atom. The van der Waals surface area contributed by atoms with E-state index in [1.165, 1.54) is 4.57 Å². The fourth-order valence-electron chi connectivity index (χ4n) is 5.80. The number of carbonyl (C=O) groups excluding carboxylic acids is 2. The number of aromatic nitrogens is 4. The molecule has 2 aromatic heterocycles. The molecule has 3 aromatic rings. The summed E-state index contributed by atoms with van der Waals surface area (Å²) in [6.07, 6.45) is 5.90. The van der Waals surface area contributed by atoms with Gasteiger partial charge in [-0.25, -0.2) is 4.79 Å². The van der Waals surface area contributed by atoms with Crippen molar-refractivity contribution in [1.29, 1.82) is 0 Å². The van der Waals surface area contributed by atoms with Crippen molar-refractivity contribution in [1.82, 2.24) is 28.9 Å². The topological polar surface area (TPSA) is 114 Å². The van der Waals surface area contributed by atoms with Crippen LogP contribution in [-0.4, -0.2) is 61.5 Å². The fraction of sp³-hybridized carbons (Fsp3) is 0.444. The molecule has 1 aromatic carbocycles. The van der Waals surface area contributed by atoms with Crippen LogP contribution >= 0.6 is 0 Å². The van der Waals surface area contributed by atoms with Gasteiger partial charge in [0.05, 0.1) is 6.54 Å². The number of likely N-dealkylation sites (tertiary alicyclic amines) is 1. The molecular formula is C27H31N7O4. The summed E-state index contributed by atoms with van der Waals surface area (Å²) < 4.78 is 3.91. The standard InChI is InChI=1S/C27H31N7O4/c1-30-24-23(25(37)34(27(30)38)16-21(35)18-8-4-2-5-9-18)33(17-22(36)31-11-6-3-7-12-31)26(29-24)32-13-10-19-14-28-15-20(19)32/h2,4-5,8-9,15,19,28H,3,6-7,10-14,16-17H2,1H3. The van der Waals surface area contributed by atoms with Crippen molar-refractivity contribution in [2.45, 2.75) is 38.8 Å². The Morgan fingerprint density at radius 1 is 1.00 bits per heavy atom. The highest BCUT2D eigenvalue weighted by molar-refractivity contribution is 5.96. The SMILES string of the molecule is Cn1c(=O)n(CC(=O)c2ccccc2)c(=O)c2c1nc(N1CCC3CNC=C31)n2CC(=O)N1CCCCC1. The van der Waals surface area contributed by atoms with Gasteiger partial charge in [0.15, 0.2) is 16.9 Å². The number of anilines is 1. The molecule has 1 N–H and O–H groups in total. The number of hydrogen-bond donors (Lipinski definition) is 1. The lowest BCUT2D eigenvalue weighted by molar-refractivity contribution is -0.132. The predicted octanol–water partition coefficient (Wildman–Crippen LogP) is 1.06. The van der Waals surface area contributed by atoms with Gasteiger partial charge in [-0.05, 0) is 25.7 Å². The third-order valence-corrected chi connectivity index (χ3v) is 7.90. The summed E-state index contributed by atoms with van der Waals surface area (Å²) in [7, 11) is 1.55. The Kier molecular flexibility index (Phi) is 6.13. The summed E-state index contributed by atoms with van der Waals surface area (Å²) in [5, 5.41) is 3.27. The predicted molar refractivity (Wildman–Crippen MR) is 142 cm³/mol. The molecule has 11 heteroatoms. The monoisotopic (exact) mass is 517 g/mol. The first-order chi connectivity index (χ1) is 18.4. The number of ketones is 1. The van der Waals surface area contributed by atoms with Crippen LogP contribution in [0, 0.1) is 5.92 Å². The number of hydrogen-bond acceptors (Lipinski definition) is 7. The van der Waals surface area contributed by atoms with Crippen molar-refractivity contribution in [2.24, 2.45) is 13.0 Å². The Hall–Kier alpha value is -4.15. The van der Waals surface area contributed by atoms with Gasteiger partial charge < -0.3 is 15.1 Å². The van der Waals surface area contributed by atoms with Gasteiger partial charge >= 0.3 is 5.69 Å². The smallest absolute Gasteiger partial charge is 0.332 e.